The Morgan fingerprint density at radius 2 is 1.94 bits per heavy atom. The van der Waals surface area contributed by atoms with Crippen LogP contribution in [0.15, 0.2) is 12.2 Å². The molecular weight excluding hydrogens is 204 g/mol. The largest absolute Gasteiger partial charge is 0.469 e. The molecule has 1 aliphatic rings. The van der Waals surface area contributed by atoms with E-state index in [0.29, 0.717) is 0 Å². The van der Waals surface area contributed by atoms with Crippen molar-refractivity contribution in [2.24, 2.45) is 11.8 Å². The third-order valence-corrected chi connectivity index (χ3v) is 3.15. The van der Waals surface area contributed by atoms with Crippen molar-refractivity contribution in [3.05, 3.63) is 12.2 Å². The van der Waals surface area contributed by atoms with Crippen molar-refractivity contribution in [1.29, 1.82) is 0 Å². The zero-order valence-electron chi connectivity index (χ0n) is 10.1. The number of esters is 1. The second kappa shape index (κ2) is 5.83. The Labute approximate surface area is 96.9 Å². The molecule has 2 atom stereocenters. The number of rotatable bonds is 4. The van der Waals surface area contributed by atoms with Crippen molar-refractivity contribution >= 4 is 11.8 Å². The summed E-state index contributed by atoms with van der Waals surface area (Å²) in [6.45, 7) is 5.78. The van der Waals surface area contributed by atoms with E-state index in [0.717, 1.165) is 31.3 Å². The molecule has 90 valence electrons. The van der Waals surface area contributed by atoms with Gasteiger partial charge in [-0.3, -0.25) is 9.59 Å². The Morgan fingerprint density at radius 1 is 1.38 bits per heavy atom. The van der Waals surface area contributed by atoms with Gasteiger partial charge >= 0.3 is 5.97 Å². The second-order valence-electron chi connectivity index (χ2n) is 4.67. The molecule has 16 heavy (non-hydrogen) atoms. The predicted molar refractivity (Wildman–Crippen MR) is 61.9 cm³/mol. The van der Waals surface area contributed by atoms with Crippen LogP contribution in [0.3, 0.4) is 0 Å². The number of methoxy groups -OCH3 is 1. The van der Waals surface area contributed by atoms with Gasteiger partial charge in [0.1, 0.15) is 5.78 Å². The van der Waals surface area contributed by atoms with Gasteiger partial charge in [-0.2, -0.15) is 0 Å². The third-order valence-electron chi connectivity index (χ3n) is 3.15. The molecule has 1 fully saturated rings. The van der Waals surface area contributed by atoms with Gasteiger partial charge < -0.3 is 4.74 Å². The van der Waals surface area contributed by atoms with Crippen molar-refractivity contribution in [1.82, 2.24) is 0 Å². The van der Waals surface area contributed by atoms with Crippen LogP contribution >= 0.6 is 0 Å². The normalized spacial score (nSPS) is 25.2. The van der Waals surface area contributed by atoms with E-state index in [1.54, 1.807) is 0 Å². The number of carbonyl (C=O) groups excluding carboxylic acids is 2. The molecule has 0 amide bonds. The van der Waals surface area contributed by atoms with Gasteiger partial charge in [-0.15, -0.1) is 6.58 Å². The molecule has 0 saturated heterocycles. The highest BCUT2D eigenvalue weighted by atomic mass is 16.5. The lowest BCUT2D eigenvalue weighted by Gasteiger charge is -2.27. The average molecular weight is 224 g/mol. The molecule has 3 heteroatoms. The average Bonchev–Trinajstić information content (AvgIpc) is 2.23. The zero-order valence-corrected chi connectivity index (χ0v) is 10.1. The van der Waals surface area contributed by atoms with Gasteiger partial charge in [-0.05, 0) is 26.2 Å². The number of allylic oxidation sites excluding steroid dienone is 1. The van der Waals surface area contributed by atoms with E-state index < -0.39 is 0 Å². The Morgan fingerprint density at radius 3 is 2.44 bits per heavy atom. The maximum Gasteiger partial charge on any atom is 0.306 e. The first-order valence-electron chi connectivity index (χ1n) is 5.79. The predicted octanol–water partition coefficient (Wildman–Crippen LogP) is 2.50. The standard InChI is InChI=1S/C13H20O3/c1-9(2)7-10-5-4-6-11(13(10)15)8-12(14)16-3/h10-11H,1,4-8H2,2-3H3. The molecule has 0 bridgehead atoms. The van der Waals surface area contributed by atoms with Crippen molar-refractivity contribution in [2.45, 2.75) is 39.0 Å². The van der Waals surface area contributed by atoms with Crippen LogP contribution in [0.4, 0.5) is 0 Å². The Kier molecular flexibility index (Phi) is 4.71. The van der Waals surface area contributed by atoms with Crippen molar-refractivity contribution < 1.29 is 14.3 Å². The molecule has 2 unspecified atom stereocenters. The number of Topliss-reactive ketones (excluding diaryl/α,β-unsaturated/α-hetero) is 1. The molecule has 3 nitrogen and oxygen atoms in total. The molecule has 0 spiro atoms. The smallest absolute Gasteiger partial charge is 0.306 e. The molecule has 0 radical (unpaired) electrons. The number of ether oxygens (including phenoxy) is 1. The Hall–Kier alpha value is -1.12. The molecule has 1 rings (SSSR count). The van der Waals surface area contributed by atoms with E-state index in [1.807, 2.05) is 6.92 Å². The van der Waals surface area contributed by atoms with Gasteiger partial charge in [-0.1, -0.05) is 12.0 Å². The molecule has 0 aliphatic heterocycles. The summed E-state index contributed by atoms with van der Waals surface area (Å²) in [5.74, 6) is -0.125. The fraction of sp³-hybridized carbons (Fsp3) is 0.692. The highest BCUT2D eigenvalue weighted by Gasteiger charge is 2.32. The summed E-state index contributed by atoms with van der Waals surface area (Å²) < 4.78 is 4.61. The van der Waals surface area contributed by atoms with E-state index in [4.69, 9.17) is 0 Å². The maximum atomic E-state index is 12.1. The van der Waals surface area contributed by atoms with Crippen LogP contribution in [0, 0.1) is 11.8 Å². The zero-order chi connectivity index (χ0) is 12.1. The number of hydrogen-bond acceptors (Lipinski definition) is 3. The second-order valence-corrected chi connectivity index (χ2v) is 4.67. The summed E-state index contributed by atoms with van der Waals surface area (Å²) in [5, 5.41) is 0. The summed E-state index contributed by atoms with van der Waals surface area (Å²) in [6.07, 6.45) is 3.77. The van der Waals surface area contributed by atoms with E-state index in [-0.39, 0.29) is 30.0 Å². The van der Waals surface area contributed by atoms with Crippen LogP contribution in [-0.4, -0.2) is 18.9 Å². The Balaban J connectivity index is 2.56. The first-order chi connectivity index (χ1) is 7.54. The van der Waals surface area contributed by atoms with Gasteiger partial charge in [0.25, 0.3) is 0 Å². The molecule has 1 aliphatic carbocycles. The molecule has 0 aromatic rings. The van der Waals surface area contributed by atoms with Crippen LogP contribution in [0.1, 0.15) is 39.0 Å². The van der Waals surface area contributed by atoms with Gasteiger partial charge in [0.15, 0.2) is 0 Å². The summed E-state index contributed by atoms with van der Waals surface area (Å²) in [5.41, 5.74) is 1.04. The highest BCUT2D eigenvalue weighted by Crippen LogP contribution is 2.31. The van der Waals surface area contributed by atoms with Gasteiger partial charge in [0.2, 0.25) is 0 Å². The fourth-order valence-corrected chi connectivity index (χ4v) is 2.34. The van der Waals surface area contributed by atoms with Crippen LogP contribution in [0.5, 0.6) is 0 Å². The van der Waals surface area contributed by atoms with Crippen LogP contribution < -0.4 is 0 Å². The molecule has 1 saturated carbocycles. The summed E-state index contributed by atoms with van der Waals surface area (Å²) in [7, 11) is 1.36. The highest BCUT2D eigenvalue weighted by molar-refractivity contribution is 5.87. The summed E-state index contributed by atoms with van der Waals surface area (Å²) in [6, 6.07) is 0. The van der Waals surface area contributed by atoms with Crippen molar-refractivity contribution in [2.75, 3.05) is 7.11 Å². The lowest BCUT2D eigenvalue weighted by atomic mass is 9.76. The topological polar surface area (TPSA) is 43.4 Å². The first-order valence-corrected chi connectivity index (χ1v) is 5.79. The molecule has 0 aromatic heterocycles. The van der Waals surface area contributed by atoms with Gasteiger partial charge in [0.05, 0.1) is 13.5 Å². The minimum Gasteiger partial charge on any atom is -0.469 e. The number of ketones is 1. The van der Waals surface area contributed by atoms with E-state index >= 15 is 0 Å². The van der Waals surface area contributed by atoms with Crippen LogP contribution in [0.25, 0.3) is 0 Å². The molecule has 0 heterocycles. The van der Waals surface area contributed by atoms with E-state index in [9.17, 15) is 9.59 Å². The van der Waals surface area contributed by atoms with Crippen molar-refractivity contribution in [3.63, 3.8) is 0 Å². The lowest BCUT2D eigenvalue weighted by Crippen LogP contribution is -2.30. The molecule has 0 aromatic carbocycles. The quantitative estimate of drug-likeness (QED) is 0.544. The van der Waals surface area contributed by atoms with Gasteiger partial charge in [-0.25, -0.2) is 0 Å². The van der Waals surface area contributed by atoms with E-state index in [1.165, 1.54) is 7.11 Å². The lowest BCUT2D eigenvalue weighted by molar-refractivity contribution is -0.145. The van der Waals surface area contributed by atoms with Gasteiger partial charge in [0, 0.05) is 11.8 Å². The van der Waals surface area contributed by atoms with E-state index in [2.05, 4.69) is 11.3 Å². The summed E-state index contributed by atoms with van der Waals surface area (Å²) >= 11 is 0. The SMILES string of the molecule is C=C(C)CC1CCCC(CC(=O)OC)C1=O. The van der Waals surface area contributed by atoms with Crippen LogP contribution in [0.2, 0.25) is 0 Å². The summed E-state index contributed by atoms with van der Waals surface area (Å²) in [4.78, 5) is 23.2. The maximum absolute atomic E-state index is 12.1. The number of carbonyl (C=O) groups is 2. The van der Waals surface area contributed by atoms with Crippen molar-refractivity contribution in [3.8, 4) is 0 Å². The monoisotopic (exact) mass is 224 g/mol. The minimum atomic E-state index is -0.283. The first kappa shape index (κ1) is 12.9. The van der Waals surface area contributed by atoms with Crippen LogP contribution in [-0.2, 0) is 14.3 Å². The molecule has 0 N–H and O–H groups in total. The number of hydrogen-bond donors (Lipinski definition) is 0. The fourth-order valence-electron chi connectivity index (χ4n) is 2.34. The Bertz CT molecular complexity index is 294. The minimum absolute atomic E-state index is 0.0703. The molecular formula is C13H20O3. The third kappa shape index (κ3) is 3.47.